The second-order valence-electron chi connectivity index (χ2n) is 7.84. The summed E-state index contributed by atoms with van der Waals surface area (Å²) in [7, 11) is -2.83. The van der Waals surface area contributed by atoms with E-state index in [9.17, 15) is 22.4 Å². The summed E-state index contributed by atoms with van der Waals surface area (Å²) in [6.45, 7) is 0.790. The van der Waals surface area contributed by atoms with Crippen LogP contribution in [0.15, 0.2) is 77.7 Å². The van der Waals surface area contributed by atoms with Gasteiger partial charge in [-0.2, -0.15) is 0 Å². The fourth-order valence-corrected chi connectivity index (χ4v) is 5.39. The van der Waals surface area contributed by atoms with Crippen LogP contribution in [0, 0.1) is 5.82 Å². The number of rotatable bonds is 9. The Balaban J connectivity index is 2.06. The van der Waals surface area contributed by atoms with Gasteiger partial charge in [0.2, 0.25) is 11.8 Å². The molecule has 11 heteroatoms. The summed E-state index contributed by atoms with van der Waals surface area (Å²) >= 11 is 12.5. The van der Waals surface area contributed by atoms with E-state index in [4.69, 9.17) is 23.2 Å². The Hall–Kier alpha value is -3.14. The highest BCUT2D eigenvalue weighted by molar-refractivity contribution is 7.92. The molecular formula is C25H24Cl2FN3O4S. The smallest absolute Gasteiger partial charge is 0.264 e. The van der Waals surface area contributed by atoms with Gasteiger partial charge in [0.15, 0.2) is 0 Å². The molecule has 7 nitrogen and oxygen atoms in total. The van der Waals surface area contributed by atoms with Crippen molar-refractivity contribution < 1.29 is 22.4 Å². The van der Waals surface area contributed by atoms with Crippen LogP contribution in [0.25, 0.3) is 0 Å². The predicted octanol–water partition coefficient (Wildman–Crippen LogP) is 4.49. The summed E-state index contributed by atoms with van der Waals surface area (Å²) in [5.74, 6) is -1.58. The monoisotopic (exact) mass is 551 g/mol. The summed E-state index contributed by atoms with van der Waals surface area (Å²) in [5, 5.41) is 2.55. The van der Waals surface area contributed by atoms with Crippen molar-refractivity contribution in [2.24, 2.45) is 0 Å². The molecule has 36 heavy (non-hydrogen) atoms. The summed E-state index contributed by atoms with van der Waals surface area (Å²) < 4.78 is 41.6. The molecule has 3 aromatic rings. The second kappa shape index (κ2) is 11.7. The number of carbonyl (C=O) groups excluding carboxylic acids is 2. The Labute approximate surface area is 219 Å². The first-order valence-corrected chi connectivity index (χ1v) is 13.0. The van der Waals surface area contributed by atoms with Crippen LogP contribution >= 0.6 is 23.2 Å². The molecule has 1 atom stereocenters. The standard InChI is InChI=1S/C25H24Cl2FN3O4S/c1-17(25(33)29-2)30(15-18-11-13-19(28)14-12-18)23(32)16-31(22-10-6-9-21(26)24(22)27)36(34,35)20-7-4-3-5-8-20/h3-14,17H,15-16H2,1-2H3,(H,29,33)/t17-/m0/s1. The second-order valence-corrected chi connectivity index (χ2v) is 10.5. The van der Waals surface area contributed by atoms with E-state index in [2.05, 4.69) is 5.32 Å². The van der Waals surface area contributed by atoms with Gasteiger partial charge < -0.3 is 10.2 Å². The van der Waals surface area contributed by atoms with Gasteiger partial charge in [-0.1, -0.05) is 59.6 Å². The van der Waals surface area contributed by atoms with Crippen LogP contribution in [0.1, 0.15) is 12.5 Å². The zero-order chi connectivity index (χ0) is 26.5. The molecule has 0 aliphatic rings. The molecular weight excluding hydrogens is 528 g/mol. The number of nitrogens with one attached hydrogen (secondary N) is 1. The Kier molecular flexibility index (Phi) is 8.94. The maximum Gasteiger partial charge on any atom is 0.264 e. The van der Waals surface area contributed by atoms with Crippen molar-refractivity contribution in [1.82, 2.24) is 10.2 Å². The van der Waals surface area contributed by atoms with Gasteiger partial charge >= 0.3 is 0 Å². The topological polar surface area (TPSA) is 86.8 Å². The third-order valence-corrected chi connectivity index (χ3v) is 8.07. The highest BCUT2D eigenvalue weighted by atomic mass is 35.5. The van der Waals surface area contributed by atoms with Crippen LogP contribution in [-0.2, 0) is 26.2 Å². The summed E-state index contributed by atoms with van der Waals surface area (Å²) in [5.41, 5.74) is 0.564. The number of hydrogen-bond acceptors (Lipinski definition) is 4. The minimum Gasteiger partial charge on any atom is -0.357 e. The normalized spacial score (nSPS) is 12.0. The van der Waals surface area contributed by atoms with Crippen LogP contribution < -0.4 is 9.62 Å². The molecule has 0 heterocycles. The number of hydrogen-bond donors (Lipinski definition) is 1. The summed E-state index contributed by atoms with van der Waals surface area (Å²) in [6.07, 6.45) is 0. The van der Waals surface area contributed by atoms with E-state index < -0.39 is 40.2 Å². The Bertz CT molecular complexity index is 1340. The molecule has 0 saturated heterocycles. The van der Waals surface area contributed by atoms with Crippen molar-refractivity contribution in [3.05, 3.63) is 94.2 Å². The molecule has 3 aromatic carbocycles. The van der Waals surface area contributed by atoms with Crippen molar-refractivity contribution in [1.29, 1.82) is 0 Å². The van der Waals surface area contributed by atoms with Crippen LogP contribution in [0.2, 0.25) is 10.0 Å². The predicted molar refractivity (Wildman–Crippen MR) is 138 cm³/mol. The largest absolute Gasteiger partial charge is 0.357 e. The van der Waals surface area contributed by atoms with Crippen LogP contribution in [0.3, 0.4) is 0 Å². The molecule has 0 aliphatic carbocycles. The van der Waals surface area contributed by atoms with Gasteiger partial charge in [-0.05, 0) is 48.9 Å². The number of amides is 2. The average Bonchev–Trinajstić information content (AvgIpc) is 2.88. The lowest BCUT2D eigenvalue weighted by Crippen LogP contribution is -2.50. The first kappa shape index (κ1) is 27.4. The Morgan fingerprint density at radius 3 is 2.22 bits per heavy atom. The van der Waals surface area contributed by atoms with E-state index in [1.165, 1.54) is 73.5 Å². The van der Waals surface area contributed by atoms with Crippen LogP contribution in [-0.4, -0.2) is 44.8 Å². The van der Waals surface area contributed by atoms with E-state index in [-0.39, 0.29) is 27.2 Å². The maximum absolute atomic E-state index is 13.6. The third-order valence-electron chi connectivity index (χ3n) is 5.49. The van der Waals surface area contributed by atoms with E-state index in [0.717, 1.165) is 4.31 Å². The zero-order valence-corrected chi connectivity index (χ0v) is 21.8. The van der Waals surface area contributed by atoms with E-state index >= 15 is 0 Å². The molecule has 2 amide bonds. The lowest BCUT2D eigenvalue weighted by atomic mass is 10.1. The number of nitrogens with zero attached hydrogens (tertiary/aromatic N) is 2. The molecule has 1 N–H and O–H groups in total. The van der Waals surface area contributed by atoms with E-state index in [0.29, 0.717) is 5.56 Å². The summed E-state index contributed by atoms with van der Waals surface area (Å²) in [4.78, 5) is 27.2. The van der Waals surface area contributed by atoms with Gasteiger partial charge in [-0.3, -0.25) is 13.9 Å². The van der Waals surface area contributed by atoms with Gasteiger partial charge in [-0.25, -0.2) is 12.8 Å². The molecule has 0 unspecified atom stereocenters. The Morgan fingerprint density at radius 1 is 0.972 bits per heavy atom. The van der Waals surface area contributed by atoms with Crippen LogP contribution in [0.4, 0.5) is 10.1 Å². The van der Waals surface area contributed by atoms with E-state index in [1.54, 1.807) is 18.2 Å². The number of carbonyl (C=O) groups is 2. The minimum atomic E-state index is -4.26. The number of benzene rings is 3. The highest BCUT2D eigenvalue weighted by Crippen LogP contribution is 2.35. The van der Waals surface area contributed by atoms with E-state index in [1.807, 2.05) is 0 Å². The van der Waals surface area contributed by atoms with Crippen molar-refractivity contribution in [2.45, 2.75) is 24.4 Å². The van der Waals surface area contributed by atoms with Crippen molar-refractivity contribution >= 4 is 50.7 Å². The Morgan fingerprint density at radius 2 is 1.61 bits per heavy atom. The molecule has 0 spiro atoms. The zero-order valence-electron chi connectivity index (χ0n) is 19.5. The van der Waals surface area contributed by atoms with Crippen molar-refractivity contribution in [3.63, 3.8) is 0 Å². The number of halogens is 3. The fourth-order valence-electron chi connectivity index (χ4n) is 3.50. The molecule has 190 valence electrons. The number of sulfonamides is 1. The summed E-state index contributed by atoms with van der Waals surface area (Å²) in [6, 6.07) is 16.5. The average molecular weight is 552 g/mol. The maximum atomic E-state index is 13.6. The number of likely N-dealkylation sites (N-methyl/N-ethyl adjacent to an activating group) is 1. The van der Waals surface area contributed by atoms with Gasteiger partial charge in [0, 0.05) is 13.6 Å². The molecule has 0 aromatic heterocycles. The molecule has 0 bridgehead atoms. The molecule has 0 fully saturated rings. The quantitative estimate of drug-likeness (QED) is 0.424. The minimum absolute atomic E-state index is 0.00991. The fraction of sp³-hybridized carbons (Fsp3) is 0.200. The van der Waals surface area contributed by atoms with Crippen molar-refractivity contribution in [3.8, 4) is 0 Å². The van der Waals surface area contributed by atoms with Gasteiger partial charge in [0.05, 0.1) is 20.6 Å². The highest BCUT2D eigenvalue weighted by Gasteiger charge is 2.33. The molecule has 0 saturated carbocycles. The first-order chi connectivity index (χ1) is 17.1. The lowest BCUT2D eigenvalue weighted by Gasteiger charge is -2.32. The van der Waals surface area contributed by atoms with Crippen LogP contribution in [0.5, 0.6) is 0 Å². The number of anilines is 1. The molecule has 0 radical (unpaired) electrons. The SMILES string of the molecule is CNC(=O)[C@H](C)N(Cc1ccc(F)cc1)C(=O)CN(c1cccc(Cl)c1Cl)S(=O)(=O)c1ccccc1. The lowest BCUT2D eigenvalue weighted by molar-refractivity contribution is -0.139. The van der Waals surface area contributed by atoms with Crippen molar-refractivity contribution in [2.75, 3.05) is 17.9 Å². The van der Waals surface area contributed by atoms with Gasteiger partial charge in [0.1, 0.15) is 18.4 Å². The van der Waals surface area contributed by atoms with Gasteiger partial charge in [-0.15, -0.1) is 0 Å². The molecule has 0 aliphatic heterocycles. The third kappa shape index (κ3) is 6.16. The van der Waals surface area contributed by atoms with Gasteiger partial charge in [0.25, 0.3) is 10.0 Å². The first-order valence-electron chi connectivity index (χ1n) is 10.8. The molecule has 3 rings (SSSR count).